The Balaban J connectivity index is 4.09. The van der Waals surface area contributed by atoms with Crippen molar-refractivity contribution in [3.63, 3.8) is 0 Å². The van der Waals surface area contributed by atoms with Crippen LogP contribution in [-0.4, -0.2) is 17.5 Å². The number of unbranched alkanes of at least 4 members (excludes halogenated alkanes) is 1. The van der Waals surface area contributed by atoms with Crippen molar-refractivity contribution in [3.05, 3.63) is 12.2 Å². The molecule has 1 atom stereocenters. The molecule has 14 heavy (non-hydrogen) atoms. The first-order chi connectivity index (χ1) is 6.49. The molecule has 1 unspecified atom stereocenters. The van der Waals surface area contributed by atoms with E-state index in [2.05, 4.69) is 11.3 Å². The van der Waals surface area contributed by atoms with Crippen molar-refractivity contribution in [1.82, 2.24) is 5.34 Å². The van der Waals surface area contributed by atoms with E-state index < -0.39 is 17.5 Å². The van der Waals surface area contributed by atoms with Crippen molar-refractivity contribution in [2.45, 2.75) is 39.3 Å². The Morgan fingerprint density at radius 3 is 2.50 bits per heavy atom. The number of nitrogens with zero attached hydrogens (tertiary/aromatic N) is 1. The van der Waals surface area contributed by atoms with Crippen LogP contribution < -0.4 is 0 Å². The highest BCUT2D eigenvalue weighted by Crippen LogP contribution is 2.13. The molecular weight excluding hydrogens is 192 g/mol. The first kappa shape index (κ1) is 13.0. The van der Waals surface area contributed by atoms with Crippen LogP contribution in [0, 0.1) is 0 Å². The lowest BCUT2D eigenvalue weighted by Gasteiger charge is -2.16. The van der Waals surface area contributed by atoms with Crippen molar-refractivity contribution in [3.8, 4) is 0 Å². The number of esters is 1. The summed E-state index contributed by atoms with van der Waals surface area (Å²) in [6.45, 7) is 6.60. The number of carbonyl (C=O) groups excluding carboxylic acids is 1. The van der Waals surface area contributed by atoms with Gasteiger partial charge in [-0.1, -0.05) is 28.9 Å². The van der Waals surface area contributed by atoms with Gasteiger partial charge in [-0.25, -0.2) is 4.79 Å². The molecule has 0 fully saturated rings. The standard InChI is InChI=1S/C9H15F2NO2/c1-4-5-6-8(12(10)11)14-9(13)7(2)3/h8H,2,4-6H2,1,3H3. The van der Waals surface area contributed by atoms with Gasteiger partial charge < -0.3 is 4.74 Å². The van der Waals surface area contributed by atoms with Gasteiger partial charge in [0.2, 0.25) is 6.23 Å². The minimum atomic E-state index is -1.46. The molecule has 0 aliphatic carbocycles. The van der Waals surface area contributed by atoms with Gasteiger partial charge in [0.15, 0.2) is 0 Å². The van der Waals surface area contributed by atoms with Crippen molar-refractivity contribution in [1.29, 1.82) is 0 Å². The summed E-state index contributed by atoms with van der Waals surface area (Å²) in [7, 11) is 0. The average molecular weight is 207 g/mol. The quantitative estimate of drug-likeness (QED) is 0.290. The zero-order chi connectivity index (χ0) is 11.1. The fraction of sp³-hybridized carbons (Fsp3) is 0.667. The molecular formula is C9H15F2NO2. The molecule has 0 aromatic carbocycles. The van der Waals surface area contributed by atoms with Crippen LogP contribution in [0.5, 0.6) is 0 Å². The highest BCUT2D eigenvalue weighted by Gasteiger charge is 2.22. The lowest BCUT2D eigenvalue weighted by Crippen LogP contribution is -2.28. The second-order valence-corrected chi connectivity index (χ2v) is 3.04. The average Bonchev–Trinajstić information content (AvgIpc) is 2.10. The van der Waals surface area contributed by atoms with Gasteiger partial charge in [0.25, 0.3) is 0 Å². The first-order valence-corrected chi connectivity index (χ1v) is 4.46. The number of rotatable bonds is 6. The van der Waals surface area contributed by atoms with Crippen LogP contribution in [0.4, 0.5) is 8.96 Å². The second-order valence-electron chi connectivity index (χ2n) is 3.04. The lowest BCUT2D eigenvalue weighted by molar-refractivity contribution is -0.258. The molecule has 0 saturated heterocycles. The Kier molecular flexibility index (Phi) is 6.03. The number of hydrogen-bond acceptors (Lipinski definition) is 3. The van der Waals surface area contributed by atoms with Gasteiger partial charge in [-0.3, -0.25) is 0 Å². The number of carbonyl (C=O) groups is 1. The largest absolute Gasteiger partial charge is 0.438 e. The molecule has 0 bridgehead atoms. The minimum Gasteiger partial charge on any atom is -0.438 e. The Hall–Kier alpha value is -0.970. The summed E-state index contributed by atoms with van der Waals surface area (Å²) < 4.78 is 28.9. The topological polar surface area (TPSA) is 29.5 Å². The third-order valence-electron chi connectivity index (χ3n) is 1.61. The van der Waals surface area contributed by atoms with Crippen LogP contribution in [0.25, 0.3) is 0 Å². The molecule has 5 heteroatoms. The van der Waals surface area contributed by atoms with Gasteiger partial charge in [-0.15, -0.1) is 0 Å². The van der Waals surface area contributed by atoms with Gasteiger partial charge in [-0.05, 0) is 13.3 Å². The molecule has 0 aliphatic heterocycles. The Labute approximate surface area is 82.2 Å². The normalized spacial score (nSPS) is 12.6. The molecule has 0 rings (SSSR count). The molecule has 82 valence electrons. The van der Waals surface area contributed by atoms with Crippen LogP contribution in [0.15, 0.2) is 12.2 Å². The molecule has 0 amide bonds. The van der Waals surface area contributed by atoms with Crippen LogP contribution in [0.3, 0.4) is 0 Å². The maximum absolute atomic E-state index is 12.2. The van der Waals surface area contributed by atoms with E-state index in [1.807, 2.05) is 6.92 Å². The summed E-state index contributed by atoms with van der Waals surface area (Å²) >= 11 is 0. The highest BCUT2D eigenvalue weighted by molar-refractivity contribution is 5.87. The van der Waals surface area contributed by atoms with Crippen molar-refractivity contribution >= 4 is 5.97 Å². The van der Waals surface area contributed by atoms with E-state index in [-0.39, 0.29) is 12.0 Å². The van der Waals surface area contributed by atoms with E-state index in [1.165, 1.54) is 6.92 Å². The molecule has 0 spiro atoms. The minimum absolute atomic E-state index is 0.119. The monoisotopic (exact) mass is 207 g/mol. The van der Waals surface area contributed by atoms with E-state index in [0.717, 1.165) is 6.42 Å². The SMILES string of the molecule is C=C(C)C(=O)OC(CCCC)N(F)F. The zero-order valence-electron chi connectivity index (χ0n) is 8.43. The first-order valence-electron chi connectivity index (χ1n) is 4.46. The second kappa shape index (κ2) is 6.48. The molecule has 0 N–H and O–H groups in total. The third kappa shape index (κ3) is 4.91. The molecule has 0 aromatic heterocycles. The van der Waals surface area contributed by atoms with Crippen molar-refractivity contribution in [2.24, 2.45) is 0 Å². The van der Waals surface area contributed by atoms with E-state index in [4.69, 9.17) is 0 Å². The summed E-state index contributed by atoms with van der Waals surface area (Å²) in [6, 6.07) is 0. The Morgan fingerprint density at radius 2 is 2.14 bits per heavy atom. The Bertz CT molecular complexity index is 207. The van der Waals surface area contributed by atoms with Crippen LogP contribution in [0.1, 0.15) is 33.1 Å². The molecule has 0 aliphatic rings. The predicted octanol–water partition coefficient (Wildman–Crippen LogP) is 2.69. The number of hydrogen-bond donors (Lipinski definition) is 0. The van der Waals surface area contributed by atoms with Gasteiger partial charge >= 0.3 is 5.97 Å². The summed E-state index contributed by atoms with van der Waals surface area (Å²) in [5.41, 5.74) is 0.119. The lowest BCUT2D eigenvalue weighted by atomic mass is 10.2. The van der Waals surface area contributed by atoms with Gasteiger partial charge in [0.05, 0.1) is 5.34 Å². The highest BCUT2D eigenvalue weighted by atomic mass is 19.4. The summed E-state index contributed by atoms with van der Waals surface area (Å²) in [5, 5.41) is -1.09. The van der Waals surface area contributed by atoms with E-state index in [0.29, 0.717) is 6.42 Å². The third-order valence-corrected chi connectivity index (χ3v) is 1.61. The summed E-state index contributed by atoms with van der Waals surface area (Å²) in [5.74, 6) is -0.786. The summed E-state index contributed by atoms with van der Waals surface area (Å²) in [4.78, 5) is 10.9. The fourth-order valence-corrected chi connectivity index (χ4v) is 0.799. The van der Waals surface area contributed by atoms with E-state index >= 15 is 0 Å². The number of ether oxygens (including phenoxy) is 1. The Morgan fingerprint density at radius 1 is 1.57 bits per heavy atom. The molecule has 0 heterocycles. The smallest absolute Gasteiger partial charge is 0.334 e. The maximum Gasteiger partial charge on any atom is 0.334 e. The maximum atomic E-state index is 12.2. The molecule has 0 saturated carbocycles. The molecule has 3 nitrogen and oxygen atoms in total. The van der Waals surface area contributed by atoms with Crippen LogP contribution >= 0.6 is 0 Å². The van der Waals surface area contributed by atoms with Crippen LogP contribution in [0.2, 0.25) is 0 Å². The predicted molar refractivity (Wildman–Crippen MR) is 48.3 cm³/mol. The van der Waals surface area contributed by atoms with Gasteiger partial charge in [0.1, 0.15) is 0 Å². The van der Waals surface area contributed by atoms with E-state index in [9.17, 15) is 13.8 Å². The van der Waals surface area contributed by atoms with Crippen molar-refractivity contribution < 1.29 is 18.5 Å². The molecule has 0 aromatic rings. The van der Waals surface area contributed by atoms with Crippen molar-refractivity contribution in [2.75, 3.05) is 0 Å². The van der Waals surface area contributed by atoms with Crippen LogP contribution in [-0.2, 0) is 9.53 Å². The number of halogens is 2. The fourth-order valence-electron chi connectivity index (χ4n) is 0.799. The molecule has 0 radical (unpaired) electrons. The zero-order valence-corrected chi connectivity index (χ0v) is 8.43. The van der Waals surface area contributed by atoms with Gasteiger partial charge in [-0.2, -0.15) is 0 Å². The van der Waals surface area contributed by atoms with E-state index in [1.54, 1.807) is 0 Å². The summed E-state index contributed by atoms with van der Waals surface area (Å²) in [6.07, 6.45) is 0.0230. The van der Waals surface area contributed by atoms with Gasteiger partial charge in [0, 0.05) is 12.0 Å².